The van der Waals surface area contributed by atoms with Gasteiger partial charge in [0.25, 0.3) is 5.91 Å². The van der Waals surface area contributed by atoms with E-state index in [1.165, 1.54) is 11.3 Å². The predicted molar refractivity (Wildman–Crippen MR) is 100 cm³/mol. The molecule has 1 aromatic carbocycles. The molecule has 1 N–H and O–H groups in total. The molecule has 0 aliphatic heterocycles. The second-order valence-electron chi connectivity index (χ2n) is 5.99. The van der Waals surface area contributed by atoms with Crippen LogP contribution in [0.5, 0.6) is 5.75 Å². The number of anilines is 1. The third-order valence-electron chi connectivity index (χ3n) is 3.41. The molecule has 0 saturated heterocycles. The average molecular weight is 366 g/mol. The summed E-state index contributed by atoms with van der Waals surface area (Å²) in [5.41, 5.74) is 3.31. The molecule has 0 saturated carbocycles. The maximum atomic E-state index is 12.3. The van der Waals surface area contributed by atoms with Crippen LogP contribution in [0.25, 0.3) is 0 Å². The molecule has 130 valence electrons. The van der Waals surface area contributed by atoms with Crippen molar-refractivity contribution in [3.05, 3.63) is 28.8 Å². The summed E-state index contributed by atoms with van der Waals surface area (Å²) in [5.74, 6) is 0.509. The van der Waals surface area contributed by atoms with Crippen molar-refractivity contribution >= 4 is 34.1 Å². The van der Waals surface area contributed by atoms with Gasteiger partial charge >= 0.3 is 0 Å². The molecule has 1 atom stereocenters. The van der Waals surface area contributed by atoms with Crippen molar-refractivity contribution in [3.8, 4) is 5.75 Å². The van der Waals surface area contributed by atoms with Gasteiger partial charge in [-0.25, -0.2) is 0 Å². The lowest BCUT2D eigenvalue weighted by Gasteiger charge is -2.17. The highest BCUT2D eigenvalue weighted by molar-refractivity contribution is 8.01. The Labute approximate surface area is 151 Å². The number of carbonyl (C=O) groups is 1. The molecule has 1 amide bonds. The third-order valence-corrected chi connectivity index (χ3v) is 5.34. The SMILES string of the molecule is Cc1cc(C)c(C)c(O[C@@H](C)C(=O)Nc2nnc(SC(C)C)s2)c1. The summed E-state index contributed by atoms with van der Waals surface area (Å²) in [6.07, 6.45) is -0.616. The topological polar surface area (TPSA) is 64.1 Å². The van der Waals surface area contributed by atoms with Crippen molar-refractivity contribution in [2.45, 2.75) is 57.2 Å². The lowest BCUT2D eigenvalue weighted by atomic mass is 10.1. The average Bonchev–Trinajstić information content (AvgIpc) is 2.90. The summed E-state index contributed by atoms with van der Waals surface area (Å²) in [6.45, 7) is 12.0. The Balaban J connectivity index is 2.01. The van der Waals surface area contributed by atoms with E-state index in [0.29, 0.717) is 10.4 Å². The van der Waals surface area contributed by atoms with E-state index in [1.807, 2.05) is 26.8 Å². The molecule has 0 fully saturated rings. The van der Waals surface area contributed by atoms with E-state index in [1.54, 1.807) is 18.7 Å². The molecule has 7 heteroatoms. The number of rotatable bonds is 6. The summed E-state index contributed by atoms with van der Waals surface area (Å²) >= 11 is 3.00. The summed E-state index contributed by atoms with van der Waals surface area (Å²) in [4.78, 5) is 12.3. The van der Waals surface area contributed by atoms with E-state index in [-0.39, 0.29) is 5.91 Å². The monoisotopic (exact) mass is 365 g/mol. The van der Waals surface area contributed by atoms with E-state index in [9.17, 15) is 4.79 Å². The van der Waals surface area contributed by atoms with Crippen LogP contribution in [0, 0.1) is 20.8 Å². The van der Waals surface area contributed by atoms with Crippen molar-refractivity contribution in [1.82, 2.24) is 10.2 Å². The largest absolute Gasteiger partial charge is 0.481 e. The van der Waals surface area contributed by atoms with Crippen LogP contribution in [0.3, 0.4) is 0 Å². The van der Waals surface area contributed by atoms with Gasteiger partial charge in [-0.05, 0) is 50.5 Å². The number of amides is 1. The maximum absolute atomic E-state index is 12.3. The summed E-state index contributed by atoms with van der Waals surface area (Å²) in [7, 11) is 0. The standard InChI is InChI=1S/C17H23N3O2S2/c1-9(2)23-17-20-19-16(24-17)18-15(21)13(6)22-14-8-10(3)7-11(4)12(14)5/h7-9,13H,1-6H3,(H,18,19,21)/t13-/m0/s1. The van der Waals surface area contributed by atoms with Crippen LogP contribution in [0.4, 0.5) is 5.13 Å². The molecule has 0 aliphatic rings. The first kappa shape index (κ1) is 18.7. The highest BCUT2D eigenvalue weighted by Gasteiger charge is 2.18. The number of ether oxygens (including phenoxy) is 1. The molecular weight excluding hydrogens is 342 g/mol. The van der Waals surface area contributed by atoms with Crippen LogP contribution in [0.15, 0.2) is 16.5 Å². The first-order chi connectivity index (χ1) is 11.3. The zero-order chi connectivity index (χ0) is 17.9. The molecule has 1 aromatic heterocycles. The van der Waals surface area contributed by atoms with Gasteiger partial charge in [0.15, 0.2) is 10.4 Å². The second-order valence-corrected chi connectivity index (χ2v) is 8.80. The summed E-state index contributed by atoms with van der Waals surface area (Å²) in [5, 5.41) is 11.8. The number of aryl methyl sites for hydroxylation is 2. The fraction of sp³-hybridized carbons (Fsp3) is 0.471. The Morgan fingerprint density at radius 1 is 1.21 bits per heavy atom. The Morgan fingerprint density at radius 2 is 1.92 bits per heavy atom. The van der Waals surface area contributed by atoms with Crippen molar-refractivity contribution in [3.63, 3.8) is 0 Å². The van der Waals surface area contributed by atoms with E-state index in [4.69, 9.17) is 4.74 Å². The predicted octanol–water partition coefficient (Wildman–Crippen LogP) is 4.37. The number of hydrogen-bond donors (Lipinski definition) is 1. The van der Waals surface area contributed by atoms with E-state index in [0.717, 1.165) is 26.8 Å². The minimum atomic E-state index is -0.616. The minimum absolute atomic E-state index is 0.231. The third kappa shape index (κ3) is 4.95. The molecule has 0 spiro atoms. The molecule has 0 unspecified atom stereocenters. The van der Waals surface area contributed by atoms with Crippen LogP contribution in [0.1, 0.15) is 37.5 Å². The van der Waals surface area contributed by atoms with Crippen LogP contribution in [-0.2, 0) is 4.79 Å². The number of carbonyl (C=O) groups excluding carboxylic acids is 1. The van der Waals surface area contributed by atoms with Crippen LogP contribution in [-0.4, -0.2) is 27.5 Å². The van der Waals surface area contributed by atoms with Gasteiger partial charge in [0.05, 0.1) is 0 Å². The van der Waals surface area contributed by atoms with Crippen LogP contribution in [0.2, 0.25) is 0 Å². The Morgan fingerprint density at radius 3 is 2.58 bits per heavy atom. The van der Waals surface area contributed by atoms with E-state index in [2.05, 4.69) is 35.4 Å². The Bertz CT molecular complexity index is 729. The highest BCUT2D eigenvalue weighted by atomic mass is 32.2. The quantitative estimate of drug-likeness (QED) is 0.608. The molecular formula is C17H23N3O2S2. The van der Waals surface area contributed by atoms with Gasteiger partial charge in [-0.15, -0.1) is 10.2 Å². The smallest absolute Gasteiger partial charge is 0.266 e. The molecule has 5 nitrogen and oxygen atoms in total. The molecule has 2 aromatic rings. The fourth-order valence-corrected chi connectivity index (χ4v) is 4.06. The first-order valence-electron chi connectivity index (χ1n) is 7.81. The van der Waals surface area contributed by atoms with Crippen molar-refractivity contribution < 1.29 is 9.53 Å². The fourth-order valence-electron chi connectivity index (χ4n) is 2.08. The van der Waals surface area contributed by atoms with Gasteiger partial charge in [-0.1, -0.05) is 43.0 Å². The summed E-state index contributed by atoms with van der Waals surface area (Å²) < 4.78 is 6.70. The number of aromatic nitrogens is 2. The first-order valence-corrected chi connectivity index (χ1v) is 9.51. The zero-order valence-corrected chi connectivity index (χ0v) is 16.5. The summed E-state index contributed by atoms with van der Waals surface area (Å²) in [6, 6.07) is 4.05. The van der Waals surface area contributed by atoms with Gasteiger partial charge in [0.2, 0.25) is 5.13 Å². The second kappa shape index (κ2) is 7.98. The maximum Gasteiger partial charge on any atom is 0.266 e. The van der Waals surface area contributed by atoms with E-state index >= 15 is 0 Å². The van der Waals surface area contributed by atoms with Crippen LogP contribution >= 0.6 is 23.1 Å². The normalized spacial score (nSPS) is 12.3. The van der Waals surface area contributed by atoms with Crippen molar-refractivity contribution in [1.29, 1.82) is 0 Å². The van der Waals surface area contributed by atoms with Gasteiger partial charge in [0.1, 0.15) is 5.75 Å². The van der Waals surface area contributed by atoms with Crippen molar-refractivity contribution in [2.24, 2.45) is 0 Å². The number of benzene rings is 1. The number of nitrogens with one attached hydrogen (secondary N) is 1. The van der Waals surface area contributed by atoms with Crippen molar-refractivity contribution in [2.75, 3.05) is 5.32 Å². The number of nitrogens with zero attached hydrogens (tertiary/aromatic N) is 2. The molecule has 2 rings (SSSR count). The minimum Gasteiger partial charge on any atom is -0.481 e. The Kier molecular flexibility index (Phi) is 6.23. The molecule has 24 heavy (non-hydrogen) atoms. The van der Waals surface area contributed by atoms with Gasteiger partial charge in [-0.3, -0.25) is 10.1 Å². The lowest BCUT2D eigenvalue weighted by Crippen LogP contribution is -2.30. The van der Waals surface area contributed by atoms with Gasteiger partial charge < -0.3 is 4.74 Å². The molecule has 0 aliphatic carbocycles. The van der Waals surface area contributed by atoms with E-state index < -0.39 is 6.10 Å². The molecule has 0 bridgehead atoms. The zero-order valence-electron chi connectivity index (χ0n) is 14.8. The Hall–Kier alpha value is -1.60. The molecule has 1 heterocycles. The number of thioether (sulfide) groups is 1. The molecule has 0 radical (unpaired) electrons. The van der Waals surface area contributed by atoms with Gasteiger partial charge in [0, 0.05) is 5.25 Å². The van der Waals surface area contributed by atoms with Crippen LogP contribution < -0.4 is 10.1 Å². The van der Waals surface area contributed by atoms with Gasteiger partial charge in [-0.2, -0.15) is 0 Å². The lowest BCUT2D eigenvalue weighted by molar-refractivity contribution is -0.122. The number of hydrogen-bond acceptors (Lipinski definition) is 6. The highest BCUT2D eigenvalue weighted by Crippen LogP contribution is 2.29.